The molecule has 0 fully saturated rings. The van der Waals surface area contributed by atoms with Gasteiger partial charge in [-0.2, -0.15) is 0 Å². The van der Waals surface area contributed by atoms with Crippen LogP contribution in [-0.2, 0) is 24.6 Å². The first-order valence-corrected chi connectivity index (χ1v) is 7.15. The number of hydrogen-bond donors (Lipinski definition) is 0. The molecule has 0 saturated heterocycles. The minimum atomic E-state index is -3.32. The van der Waals surface area contributed by atoms with Gasteiger partial charge in [-0.25, -0.2) is 4.57 Å². The Bertz CT molecular complexity index is 353. The second-order valence-electron chi connectivity index (χ2n) is 3.47. The van der Waals surface area contributed by atoms with Gasteiger partial charge in [-0.15, -0.1) is 0 Å². The van der Waals surface area contributed by atoms with Crippen LogP contribution in [0.3, 0.4) is 0 Å². The number of rotatable bonds is 8. The minimum absolute atomic E-state index is 0.309. The van der Waals surface area contributed by atoms with E-state index in [2.05, 4.69) is 12.1 Å². The third kappa shape index (κ3) is 5.46. The van der Waals surface area contributed by atoms with Crippen molar-refractivity contribution in [2.75, 3.05) is 20.3 Å². The fourth-order valence-electron chi connectivity index (χ4n) is 1.40. The van der Waals surface area contributed by atoms with Crippen molar-refractivity contribution in [3.8, 4) is 0 Å². The van der Waals surface area contributed by atoms with Gasteiger partial charge >= 0.3 is 7.82 Å². The molecule has 0 aliphatic rings. The van der Waals surface area contributed by atoms with Gasteiger partial charge in [-0.3, -0.25) is 13.6 Å². The first-order chi connectivity index (χ1) is 8.20. The summed E-state index contributed by atoms with van der Waals surface area (Å²) in [6.07, 6.45) is 1.67. The molecule has 0 bridgehead atoms. The molecule has 0 heterocycles. The van der Waals surface area contributed by atoms with Crippen molar-refractivity contribution < 1.29 is 18.1 Å². The summed E-state index contributed by atoms with van der Waals surface area (Å²) in [5.74, 6) is 0. The molecule has 1 aromatic carbocycles. The molecule has 0 aliphatic heterocycles. The molecular formula is C12H19O4P. The fourth-order valence-corrected chi connectivity index (χ4v) is 2.35. The number of phosphoric acid groups is 1. The van der Waals surface area contributed by atoms with Crippen LogP contribution in [0.15, 0.2) is 30.3 Å². The summed E-state index contributed by atoms with van der Waals surface area (Å²) in [6.45, 7) is 2.42. The van der Waals surface area contributed by atoms with Crippen LogP contribution in [0.4, 0.5) is 0 Å². The van der Waals surface area contributed by atoms with E-state index >= 15 is 0 Å². The Morgan fingerprint density at radius 3 is 2.47 bits per heavy atom. The molecule has 4 nitrogen and oxygen atoms in total. The molecule has 5 heteroatoms. The van der Waals surface area contributed by atoms with Crippen LogP contribution in [-0.4, -0.2) is 20.3 Å². The fraction of sp³-hybridized carbons (Fsp3) is 0.500. The van der Waals surface area contributed by atoms with Crippen LogP contribution in [0.5, 0.6) is 0 Å². The zero-order chi connectivity index (χ0) is 12.6. The van der Waals surface area contributed by atoms with Crippen molar-refractivity contribution in [2.24, 2.45) is 0 Å². The topological polar surface area (TPSA) is 44.8 Å². The molecule has 0 N–H and O–H groups in total. The third-order valence-corrected chi connectivity index (χ3v) is 3.73. The maximum absolute atomic E-state index is 11.7. The molecule has 0 amide bonds. The highest BCUT2D eigenvalue weighted by Gasteiger charge is 2.23. The van der Waals surface area contributed by atoms with Crippen LogP contribution in [0.25, 0.3) is 0 Å². The molecule has 0 aromatic heterocycles. The van der Waals surface area contributed by atoms with E-state index < -0.39 is 7.82 Å². The van der Waals surface area contributed by atoms with Gasteiger partial charge in [0.25, 0.3) is 0 Å². The Labute approximate surface area is 103 Å². The lowest BCUT2D eigenvalue weighted by molar-refractivity contribution is 0.135. The highest BCUT2D eigenvalue weighted by molar-refractivity contribution is 7.48. The number of benzene rings is 1. The van der Waals surface area contributed by atoms with Gasteiger partial charge in [0.2, 0.25) is 0 Å². The second-order valence-corrected chi connectivity index (χ2v) is 5.25. The largest absolute Gasteiger partial charge is 0.474 e. The molecule has 1 unspecified atom stereocenters. The van der Waals surface area contributed by atoms with Gasteiger partial charge in [-0.05, 0) is 25.3 Å². The van der Waals surface area contributed by atoms with Crippen molar-refractivity contribution in [3.05, 3.63) is 35.9 Å². The first kappa shape index (κ1) is 14.4. The summed E-state index contributed by atoms with van der Waals surface area (Å²) in [4.78, 5) is 0. The molecule has 0 radical (unpaired) electrons. The summed E-state index contributed by atoms with van der Waals surface area (Å²) >= 11 is 0. The van der Waals surface area contributed by atoms with Crippen molar-refractivity contribution in [1.29, 1.82) is 0 Å². The molecule has 0 saturated carbocycles. The number of phosphoric ester groups is 1. The van der Waals surface area contributed by atoms with Gasteiger partial charge in [0.15, 0.2) is 0 Å². The molecule has 17 heavy (non-hydrogen) atoms. The van der Waals surface area contributed by atoms with E-state index in [1.807, 2.05) is 18.2 Å². The van der Waals surface area contributed by atoms with Crippen LogP contribution in [0.2, 0.25) is 0 Å². The van der Waals surface area contributed by atoms with Gasteiger partial charge in [0.1, 0.15) is 0 Å². The van der Waals surface area contributed by atoms with Crippen LogP contribution in [0, 0.1) is 0 Å². The third-order valence-electron chi connectivity index (χ3n) is 2.21. The molecule has 1 aromatic rings. The summed E-state index contributed by atoms with van der Waals surface area (Å²) in [5.41, 5.74) is 1.24. The zero-order valence-corrected chi connectivity index (χ0v) is 11.2. The van der Waals surface area contributed by atoms with Gasteiger partial charge < -0.3 is 0 Å². The van der Waals surface area contributed by atoms with Crippen molar-refractivity contribution in [1.82, 2.24) is 0 Å². The van der Waals surface area contributed by atoms with E-state index in [0.29, 0.717) is 13.2 Å². The van der Waals surface area contributed by atoms with E-state index in [0.717, 1.165) is 12.8 Å². The van der Waals surface area contributed by atoms with Crippen LogP contribution >= 0.6 is 7.82 Å². The molecule has 1 rings (SSSR count). The van der Waals surface area contributed by atoms with Crippen molar-refractivity contribution in [3.63, 3.8) is 0 Å². The van der Waals surface area contributed by atoms with Gasteiger partial charge in [-0.1, -0.05) is 30.3 Å². The Kier molecular flexibility index (Phi) is 6.45. The summed E-state index contributed by atoms with van der Waals surface area (Å²) in [7, 11) is -1.99. The van der Waals surface area contributed by atoms with Crippen molar-refractivity contribution in [2.45, 2.75) is 19.8 Å². The number of hydrogen-bond acceptors (Lipinski definition) is 4. The monoisotopic (exact) mass is 258 g/mol. The predicted octanol–water partition coefficient (Wildman–Crippen LogP) is 3.43. The summed E-state index contributed by atoms with van der Waals surface area (Å²) < 4.78 is 26.6. The highest BCUT2D eigenvalue weighted by Crippen LogP contribution is 2.48. The second kappa shape index (κ2) is 7.62. The predicted molar refractivity (Wildman–Crippen MR) is 67.0 cm³/mol. The number of aryl methyl sites for hydroxylation is 1. The molecule has 0 spiro atoms. The van der Waals surface area contributed by atoms with E-state index in [1.54, 1.807) is 6.92 Å². The maximum Gasteiger partial charge on any atom is 0.474 e. The first-order valence-electron chi connectivity index (χ1n) is 5.69. The molecule has 1 atom stereocenters. The lowest BCUT2D eigenvalue weighted by Crippen LogP contribution is -2.00. The maximum atomic E-state index is 11.7. The smallest absolute Gasteiger partial charge is 0.290 e. The van der Waals surface area contributed by atoms with Crippen molar-refractivity contribution >= 4 is 7.82 Å². The summed E-state index contributed by atoms with van der Waals surface area (Å²) in [6, 6.07) is 10.1. The Balaban J connectivity index is 2.26. The normalized spacial score (nSPS) is 14.5. The SMILES string of the molecule is CCOP(=O)(OC)OCCCc1ccccc1. The van der Waals surface area contributed by atoms with E-state index in [4.69, 9.17) is 13.6 Å². The zero-order valence-electron chi connectivity index (χ0n) is 10.3. The lowest BCUT2D eigenvalue weighted by atomic mass is 10.1. The van der Waals surface area contributed by atoms with Gasteiger partial charge in [0.05, 0.1) is 13.2 Å². The standard InChI is InChI=1S/C12H19O4P/c1-3-15-17(13,14-2)16-11-7-10-12-8-5-4-6-9-12/h4-6,8-9H,3,7,10-11H2,1-2H3. The molecule has 0 aliphatic carbocycles. The Hall–Kier alpha value is -0.670. The average molecular weight is 258 g/mol. The van der Waals surface area contributed by atoms with Crippen LogP contribution < -0.4 is 0 Å². The van der Waals surface area contributed by atoms with Gasteiger partial charge in [0, 0.05) is 7.11 Å². The lowest BCUT2D eigenvalue weighted by Gasteiger charge is -2.14. The summed E-state index contributed by atoms with van der Waals surface area (Å²) in [5, 5.41) is 0. The van der Waals surface area contributed by atoms with Crippen LogP contribution in [0.1, 0.15) is 18.9 Å². The molecule has 96 valence electrons. The molecular weight excluding hydrogens is 239 g/mol. The quantitative estimate of drug-likeness (QED) is 0.529. The van der Waals surface area contributed by atoms with E-state index in [1.165, 1.54) is 12.7 Å². The van der Waals surface area contributed by atoms with E-state index in [-0.39, 0.29) is 0 Å². The average Bonchev–Trinajstić information content (AvgIpc) is 2.36. The highest BCUT2D eigenvalue weighted by atomic mass is 31.2. The Morgan fingerprint density at radius 2 is 1.88 bits per heavy atom. The minimum Gasteiger partial charge on any atom is -0.290 e. The Morgan fingerprint density at radius 1 is 1.18 bits per heavy atom. The van der Waals surface area contributed by atoms with E-state index in [9.17, 15) is 4.57 Å².